The monoisotopic (exact) mass is 428 g/mol. The first-order valence-corrected chi connectivity index (χ1v) is 11.1. The van der Waals surface area contributed by atoms with Crippen molar-refractivity contribution in [3.05, 3.63) is 95.6 Å². The van der Waals surface area contributed by atoms with E-state index in [1.807, 2.05) is 29.3 Å². The minimum Gasteiger partial charge on any atom is -0.361 e. The summed E-state index contributed by atoms with van der Waals surface area (Å²) in [5.74, 6) is 0.00917. The summed E-state index contributed by atoms with van der Waals surface area (Å²) in [7, 11) is 0. The third kappa shape index (κ3) is 4.04. The maximum Gasteiger partial charge on any atom is 0.257 e. The van der Waals surface area contributed by atoms with Gasteiger partial charge in [0.15, 0.2) is 5.60 Å². The third-order valence-corrected chi connectivity index (χ3v) is 6.53. The molecular weight excluding hydrogens is 400 g/mol. The van der Waals surface area contributed by atoms with Gasteiger partial charge in [-0.1, -0.05) is 35.9 Å². The van der Waals surface area contributed by atoms with E-state index in [1.54, 1.807) is 18.6 Å². The standard InChI is InChI=1S/C26H28N4O2/c1-20-4-2-5-22(14-20)16-29-18-24(23-6-3-9-28-15-23)26(19-29)25(31)30(12-13-32-26)17-21-7-10-27-11-8-21/h2-11,14-15,24H,12-13,16-19H2,1H3/t24-,26-/m1/s1. The van der Waals surface area contributed by atoms with Crippen LogP contribution in [-0.4, -0.2) is 57.5 Å². The number of morpholine rings is 1. The Bertz CT molecular complexity index is 1080. The zero-order chi connectivity index (χ0) is 22.0. The molecule has 1 amide bonds. The molecule has 0 unspecified atom stereocenters. The number of benzene rings is 1. The lowest BCUT2D eigenvalue weighted by atomic mass is 9.83. The molecule has 2 fully saturated rings. The van der Waals surface area contributed by atoms with Gasteiger partial charge in [0.05, 0.1) is 6.61 Å². The van der Waals surface area contributed by atoms with E-state index in [9.17, 15) is 4.79 Å². The molecule has 0 bridgehead atoms. The fraction of sp³-hybridized carbons (Fsp3) is 0.346. The topological polar surface area (TPSA) is 58.6 Å². The van der Waals surface area contributed by atoms with Gasteiger partial charge < -0.3 is 9.64 Å². The van der Waals surface area contributed by atoms with Gasteiger partial charge in [0.1, 0.15) is 0 Å². The summed E-state index contributed by atoms with van der Waals surface area (Å²) < 4.78 is 6.39. The Kier molecular flexibility index (Phi) is 5.72. The molecular formula is C26H28N4O2. The van der Waals surface area contributed by atoms with Crippen LogP contribution in [0.25, 0.3) is 0 Å². The molecule has 3 aromatic rings. The van der Waals surface area contributed by atoms with Crippen LogP contribution < -0.4 is 0 Å². The Balaban J connectivity index is 1.45. The fourth-order valence-corrected chi connectivity index (χ4v) is 5.05. The number of nitrogens with zero attached hydrogens (tertiary/aromatic N) is 4. The molecule has 164 valence electrons. The molecule has 6 heteroatoms. The second kappa shape index (κ2) is 8.81. The van der Waals surface area contributed by atoms with Gasteiger partial charge in [0.2, 0.25) is 0 Å². The largest absolute Gasteiger partial charge is 0.361 e. The van der Waals surface area contributed by atoms with Crippen molar-refractivity contribution >= 4 is 5.91 Å². The molecule has 4 heterocycles. The normalized spacial score (nSPS) is 23.7. The molecule has 0 N–H and O–H groups in total. The molecule has 32 heavy (non-hydrogen) atoms. The Hall–Kier alpha value is -3.09. The lowest BCUT2D eigenvalue weighted by Gasteiger charge is -2.42. The second-order valence-electron chi connectivity index (χ2n) is 8.82. The van der Waals surface area contributed by atoms with Crippen molar-refractivity contribution in [1.29, 1.82) is 0 Å². The Morgan fingerprint density at radius 3 is 2.69 bits per heavy atom. The van der Waals surface area contributed by atoms with E-state index in [4.69, 9.17) is 4.74 Å². The van der Waals surface area contributed by atoms with Crippen LogP contribution in [-0.2, 0) is 22.6 Å². The Labute approximate surface area is 188 Å². The van der Waals surface area contributed by atoms with E-state index < -0.39 is 5.60 Å². The van der Waals surface area contributed by atoms with Crippen molar-refractivity contribution in [3.8, 4) is 0 Å². The van der Waals surface area contributed by atoms with Gasteiger partial charge in [-0.25, -0.2) is 0 Å². The first kappa shape index (κ1) is 20.8. The van der Waals surface area contributed by atoms with E-state index in [1.165, 1.54) is 11.1 Å². The summed E-state index contributed by atoms with van der Waals surface area (Å²) in [4.78, 5) is 26.6. The van der Waals surface area contributed by atoms with Crippen LogP contribution >= 0.6 is 0 Å². The van der Waals surface area contributed by atoms with Crippen LogP contribution in [0.3, 0.4) is 0 Å². The van der Waals surface area contributed by atoms with Crippen LogP contribution in [0.15, 0.2) is 73.3 Å². The van der Waals surface area contributed by atoms with Crippen LogP contribution in [0.5, 0.6) is 0 Å². The number of rotatable bonds is 5. The van der Waals surface area contributed by atoms with Crippen LogP contribution in [0.4, 0.5) is 0 Å². The molecule has 0 aliphatic carbocycles. The third-order valence-electron chi connectivity index (χ3n) is 6.53. The minimum absolute atomic E-state index is 0.0613. The smallest absolute Gasteiger partial charge is 0.257 e. The second-order valence-corrected chi connectivity index (χ2v) is 8.82. The minimum atomic E-state index is -0.891. The first-order chi connectivity index (χ1) is 15.6. The highest BCUT2D eigenvalue weighted by Crippen LogP contribution is 2.42. The molecule has 2 saturated heterocycles. The van der Waals surface area contributed by atoms with E-state index in [0.717, 1.165) is 24.2 Å². The van der Waals surface area contributed by atoms with Crippen LogP contribution in [0.2, 0.25) is 0 Å². The quantitative estimate of drug-likeness (QED) is 0.625. The van der Waals surface area contributed by atoms with Gasteiger partial charge in [-0.05, 0) is 41.8 Å². The van der Waals surface area contributed by atoms with Crippen molar-refractivity contribution in [3.63, 3.8) is 0 Å². The number of pyridine rings is 2. The predicted molar refractivity (Wildman–Crippen MR) is 122 cm³/mol. The van der Waals surface area contributed by atoms with Crippen LogP contribution in [0, 0.1) is 6.92 Å². The highest BCUT2D eigenvalue weighted by molar-refractivity contribution is 5.88. The SMILES string of the molecule is Cc1cccc(CN2C[C@H](c3cccnc3)[C@@]3(C2)OCCN(Cc2ccncc2)C3=O)c1. The van der Waals surface area contributed by atoms with E-state index in [0.29, 0.717) is 26.2 Å². The van der Waals surface area contributed by atoms with Crippen LogP contribution in [0.1, 0.15) is 28.2 Å². The van der Waals surface area contributed by atoms with E-state index in [2.05, 4.69) is 52.1 Å². The number of ether oxygens (including phenoxy) is 1. The number of aryl methyl sites for hydroxylation is 1. The molecule has 1 aromatic carbocycles. The van der Waals surface area contributed by atoms with Gasteiger partial charge in [0, 0.05) is 63.4 Å². The zero-order valence-corrected chi connectivity index (χ0v) is 18.4. The number of hydrogen-bond acceptors (Lipinski definition) is 5. The predicted octanol–water partition coefficient (Wildman–Crippen LogP) is 3.18. The number of likely N-dealkylation sites (tertiary alicyclic amines) is 1. The summed E-state index contributed by atoms with van der Waals surface area (Å²) in [5.41, 5.74) is 3.74. The molecule has 1 spiro atoms. The molecule has 5 rings (SSSR count). The van der Waals surface area contributed by atoms with Crippen molar-refractivity contribution in [2.24, 2.45) is 0 Å². The lowest BCUT2D eigenvalue weighted by Crippen LogP contribution is -2.59. The summed E-state index contributed by atoms with van der Waals surface area (Å²) in [6, 6.07) is 16.5. The lowest BCUT2D eigenvalue weighted by molar-refractivity contribution is -0.173. The summed E-state index contributed by atoms with van der Waals surface area (Å²) in [6.07, 6.45) is 7.19. The van der Waals surface area contributed by atoms with Gasteiger partial charge in [-0.15, -0.1) is 0 Å². The number of carbonyl (C=O) groups excluding carboxylic acids is 1. The first-order valence-electron chi connectivity index (χ1n) is 11.1. The molecule has 0 saturated carbocycles. The van der Waals surface area contributed by atoms with Gasteiger partial charge in [-0.3, -0.25) is 19.7 Å². The fourth-order valence-electron chi connectivity index (χ4n) is 5.05. The number of hydrogen-bond donors (Lipinski definition) is 0. The van der Waals surface area contributed by atoms with Crippen molar-refractivity contribution in [1.82, 2.24) is 19.8 Å². The average Bonchev–Trinajstić information content (AvgIpc) is 3.17. The molecule has 2 aromatic heterocycles. The maximum absolute atomic E-state index is 13.9. The van der Waals surface area contributed by atoms with Crippen molar-refractivity contribution in [2.75, 3.05) is 26.2 Å². The highest BCUT2D eigenvalue weighted by Gasteiger charge is 2.56. The Morgan fingerprint density at radius 2 is 1.91 bits per heavy atom. The Morgan fingerprint density at radius 1 is 1.03 bits per heavy atom. The maximum atomic E-state index is 13.9. The van der Waals surface area contributed by atoms with Crippen molar-refractivity contribution < 1.29 is 9.53 Å². The van der Waals surface area contributed by atoms with E-state index in [-0.39, 0.29) is 11.8 Å². The molecule has 2 atom stereocenters. The molecule has 2 aliphatic heterocycles. The number of amides is 1. The summed E-state index contributed by atoms with van der Waals surface area (Å²) >= 11 is 0. The zero-order valence-electron chi connectivity index (χ0n) is 18.4. The number of aromatic nitrogens is 2. The highest BCUT2D eigenvalue weighted by atomic mass is 16.5. The molecule has 6 nitrogen and oxygen atoms in total. The number of carbonyl (C=O) groups is 1. The summed E-state index contributed by atoms with van der Waals surface area (Å²) in [6.45, 7) is 5.94. The summed E-state index contributed by atoms with van der Waals surface area (Å²) in [5, 5.41) is 0. The van der Waals surface area contributed by atoms with Gasteiger partial charge in [-0.2, -0.15) is 0 Å². The molecule has 0 radical (unpaired) electrons. The molecule has 2 aliphatic rings. The van der Waals surface area contributed by atoms with Crippen molar-refractivity contribution in [2.45, 2.75) is 31.5 Å². The van der Waals surface area contributed by atoms with Gasteiger partial charge >= 0.3 is 0 Å². The average molecular weight is 429 g/mol. The van der Waals surface area contributed by atoms with E-state index >= 15 is 0 Å². The van der Waals surface area contributed by atoms with Gasteiger partial charge in [0.25, 0.3) is 5.91 Å².